The van der Waals surface area contributed by atoms with Gasteiger partial charge in [0.2, 0.25) is 0 Å². The van der Waals surface area contributed by atoms with Crippen LogP contribution in [0.2, 0.25) is 0 Å². The van der Waals surface area contributed by atoms with Gasteiger partial charge in [0.25, 0.3) is 0 Å². The molecule has 0 aliphatic carbocycles. The summed E-state index contributed by atoms with van der Waals surface area (Å²) in [6.45, 7) is 6.47. The third-order valence-corrected chi connectivity index (χ3v) is 3.60. The van der Waals surface area contributed by atoms with E-state index in [0.717, 1.165) is 27.8 Å². The van der Waals surface area contributed by atoms with Gasteiger partial charge in [0.05, 0.1) is 0 Å². The van der Waals surface area contributed by atoms with Crippen LogP contribution < -0.4 is 4.90 Å². The van der Waals surface area contributed by atoms with Crippen molar-refractivity contribution < 1.29 is 9.53 Å². The molecule has 0 aromatic heterocycles. The molecule has 4 heteroatoms. The Bertz CT molecular complexity index is 558. The number of carbonyl (C=O) groups excluding carboxylic acids is 1. The molecular formula is C16H20BrNO2. The smallest absolute Gasteiger partial charge is 0.334 e. The van der Waals surface area contributed by atoms with E-state index in [1.54, 1.807) is 0 Å². The molecule has 0 spiro atoms. The van der Waals surface area contributed by atoms with Gasteiger partial charge in [-0.2, -0.15) is 0 Å². The number of nitrogens with zero attached hydrogens (tertiary/aromatic N) is 1. The minimum absolute atomic E-state index is 0.223. The number of carbonyl (C=O) groups is 1. The molecule has 0 fully saturated rings. The molecule has 0 N–H and O–H groups in total. The molecule has 1 aliphatic heterocycles. The summed E-state index contributed by atoms with van der Waals surface area (Å²) in [5.41, 5.74) is 2.44. The fourth-order valence-electron chi connectivity index (χ4n) is 2.16. The molecule has 3 nitrogen and oxygen atoms in total. The van der Waals surface area contributed by atoms with E-state index in [2.05, 4.69) is 26.9 Å². The van der Waals surface area contributed by atoms with Gasteiger partial charge in [0, 0.05) is 29.3 Å². The van der Waals surface area contributed by atoms with Gasteiger partial charge in [-0.3, -0.25) is 0 Å². The number of fused-ring (bicyclic) bond motifs is 1. The minimum Gasteiger partial charge on any atom is -0.457 e. The highest BCUT2D eigenvalue weighted by molar-refractivity contribution is 9.10. The maximum atomic E-state index is 12.2. The molecular weight excluding hydrogens is 318 g/mol. The topological polar surface area (TPSA) is 29.5 Å². The number of anilines is 1. The monoisotopic (exact) mass is 337 g/mol. The van der Waals surface area contributed by atoms with E-state index < -0.39 is 5.60 Å². The molecule has 0 amide bonds. The zero-order valence-electron chi connectivity index (χ0n) is 12.4. The van der Waals surface area contributed by atoms with Crippen LogP contribution in [0.25, 0.3) is 6.08 Å². The molecule has 2 rings (SSSR count). The van der Waals surface area contributed by atoms with Crippen molar-refractivity contribution in [2.45, 2.75) is 32.8 Å². The quantitative estimate of drug-likeness (QED) is 0.725. The summed E-state index contributed by atoms with van der Waals surface area (Å²) in [6, 6.07) is 6.11. The first-order valence-corrected chi connectivity index (χ1v) is 7.50. The van der Waals surface area contributed by atoms with Gasteiger partial charge in [0.15, 0.2) is 0 Å². The second-order valence-corrected chi connectivity index (χ2v) is 6.96. The zero-order chi connectivity index (χ0) is 14.9. The Labute approximate surface area is 128 Å². The van der Waals surface area contributed by atoms with Gasteiger partial charge in [-0.25, -0.2) is 4.79 Å². The summed E-state index contributed by atoms with van der Waals surface area (Å²) in [5.74, 6) is -0.223. The fraction of sp³-hybridized carbons (Fsp3) is 0.438. The van der Waals surface area contributed by atoms with Crippen LogP contribution in [0.3, 0.4) is 0 Å². The highest BCUT2D eigenvalue weighted by Gasteiger charge is 2.22. The molecule has 0 radical (unpaired) electrons. The number of hydrogen-bond donors (Lipinski definition) is 0. The summed E-state index contributed by atoms with van der Waals surface area (Å²) >= 11 is 3.48. The van der Waals surface area contributed by atoms with E-state index in [4.69, 9.17) is 4.74 Å². The standard InChI is InChI=1S/C16H20BrNO2/c1-16(2,3)20-15(19)11-7-8-18(4)14-6-5-13(17)10-12(14)9-11/h5-6,9-10H,7-8H2,1-4H3. The predicted molar refractivity (Wildman–Crippen MR) is 85.9 cm³/mol. The Morgan fingerprint density at radius 3 is 2.70 bits per heavy atom. The van der Waals surface area contributed by atoms with E-state index >= 15 is 0 Å². The Kier molecular flexibility index (Phi) is 4.23. The predicted octanol–water partition coefficient (Wildman–Crippen LogP) is 4.01. The van der Waals surface area contributed by atoms with Crippen molar-refractivity contribution in [1.29, 1.82) is 0 Å². The number of esters is 1. The van der Waals surface area contributed by atoms with Crippen LogP contribution in [-0.4, -0.2) is 25.2 Å². The Morgan fingerprint density at radius 1 is 1.35 bits per heavy atom. The van der Waals surface area contributed by atoms with Crippen LogP contribution in [0.15, 0.2) is 28.2 Å². The number of rotatable bonds is 1. The van der Waals surface area contributed by atoms with Crippen molar-refractivity contribution in [3.63, 3.8) is 0 Å². The highest BCUT2D eigenvalue weighted by atomic mass is 79.9. The largest absolute Gasteiger partial charge is 0.457 e. The van der Waals surface area contributed by atoms with Crippen LogP contribution in [0, 0.1) is 0 Å². The van der Waals surface area contributed by atoms with E-state index in [0.29, 0.717) is 6.42 Å². The van der Waals surface area contributed by atoms with E-state index in [-0.39, 0.29) is 5.97 Å². The molecule has 0 saturated carbocycles. The van der Waals surface area contributed by atoms with Crippen LogP contribution in [-0.2, 0) is 9.53 Å². The zero-order valence-corrected chi connectivity index (χ0v) is 14.0. The average Bonchev–Trinajstić information content (AvgIpc) is 2.46. The molecule has 0 bridgehead atoms. The molecule has 1 aromatic carbocycles. The van der Waals surface area contributed by atoms with Gasteiger partial charge < -0.3 is 9.64 Å². The molecule has 1 aliphatic rings. The average molecular weight is 338 g/mol. The van der Waals surface area contributed by atoms with Crippen molar-refractivity contribution in [3.05, 3.63) is 33.8 Å². The summed E-state index contributed by atoms with van der Waals surface area (Å²) in [5, 5.41) is 0. The lowest BCUT2D eigenvalue weighted by molar-refractivity contribution is -0.149. The Balaban J connectivity index is 2.35. The normalized spacial score (nSPS) is 15.2. The van der Waals surface area contributed by atoms with E-state index in [1.165, 1.54) is 0 Å². The highest BCUT2D eigenvalue weighted by Crippen LogP contribution is 2.30. The van der Waals surface area contributed by atoms with Gasteiger partial charge >= 0.3 is 5.97 Å². The first kappa shape index (κ1) is 15.1. The molecule has 1 heterocycles. The summed E-state index contributed by atoms with van der Waals surface area (Å²) in [6.07, 6.45) is 2.63. The SMILES string of the molecule is CN1CCC(C(=O)OC(C)(C)C)=Cc2cc(Br)ccc21. The summed E-state index contributed by atoms with van der Waals surface area (Å²) in [4.78, 5) is 14.4. The van der Waals surface area contributed by atoms with E-state index in [9.17, 15) is 4.79 Å². The molecule has 0 atom stereocenters. The lowest BCUT2D eigenvalue weighted by atomic mass is 10.1. The molecule has 1 aromatic rings. The molecule has 20 heavy (non-hydrogen) atoms. The molecule has 0 saturated heterocycles. The lowest BCUT2D eigenvalue weighted by Crippen LogP contribution is -2.26. The van der Waals surface area contributed by atoms with Crippen molar-refractivity contribution >= 4 is 33.7 Å². The van der Waals surface area contributed by atoms with Crippen molar-refractivity contribution in [3.8, 4) is 0 Å². The number of benzene rings is 1. The molecule has 0 unspecified atom stereocenters. The first-order valence-electron chi connectivity index (χ1n) is 6.71. The first-order chi connectivity index (χ1) is 9.26. The second-order valence-electron chi connectivity index (χ2n) is 6.05. The number of hydrogen-bond acceptors (Lipinski definition) is 3. The summed E-state index contributed by atoms with van der Waals surface area (Å²) in [7, 11) is 2.04. The third-order valence-electron chi connectivity index (χ3n) is 3.11. The van der Waals surface area contributed by atoms with Crippen molar-refractivity contribution in [1.82, 2.24) is 0 Å². The molecule has 108 valence electrons. The lowest BCUT2D eigenvalue weighted by Gasteiger charge is -2.21. The Hall–Kier alpha value is -1.29. The van der Waals surface area contributed by atoms with Gasteiger partial charge in [-0.1, -0.05) is 15.9 Å². The Morgan fingerprint density at radius 2 is 2.05 bits per heavy atom. The van der Waals surface area contributed by atoms with Gasteiger partial charge in [-0.05, 0) is 57.0 Å². The minimum atomic E-state index is -0.462. The van der Waals surface area contributed by atoms with Gasteiger partial charge in [-0.15, -0.1) is 0 Å². The van der Waals surface area contributed by atoms with Crippen LogP contribution >= 0.6 is 15.9 Å². The van der Waals surface area contributed by atoms with Crippen LogP contribution in [0.5, 0.6) is 0 Å². The summed E-state index contributed by atoms with van der Waals surface area (Å²) < 4.78 is 6.48. The maximum absolute atomic E-state index is 12.2. The van der Waals surface area contributed by atoms with Crippen LogP contribution in [0.4, 0.5) is 5.69 Å². The second kappa shape index (κ2) is 5.60. The number of halogens is 1. The third kappa shape index (κ3) is 3.63. The fourth-order valence-corrected chi connectivity index (χ4v) is 2.54. The van der Waals surface area contributed by atoms with E-state index in [1.807, 2.05) is 46.0 Å². The van der Waals surface area contributed by atoms with Crippen molar-refractivity contribution in [2.24, 2.45) is 0 Å². The van der Waals surface area contributed by atoms with Crippen LogP contribution in [0.1, 0.15) is 32.8 Å². The maximum Gasteiger partial charge on any atom is 0.334 e. The number of ether oxygens (including phenoxy) is 1. The van der Waals surface area contributed by atoms with Gasteiger partial charge in [0.1, 0.15) is 5.60 Å². The van der Waals surface area contributed by atoms with Crippen molar-refractivity contribution in [2.75, 3.05) is 18.5 Å².